The van der Waals surface area contributed by atoms with Gasteiger partial charge in [-0.15, -0.1) is 0 Å². The average molecular weight is 373 g/mol. The van der Waals surface area contributed by atoms with Crippen LogP contribution in [0.5, 0.6) is 0 Å². The standard InChI is InChI=1S/C20H25ClN4O/c1-2-24-15-20(11-19(24)26)6-8-23(9-7-20)13-16-12-22-25(14-16)18-5-3-4-17(21)10-18/h3-5,10,12,14H,2,6-9,11,13,15H2,1H3. The lowest BCUT2D eigenvalue weighted by Gasteiger charge is -2.38. The topological polar surface area (TPSA) is 41.4 Å². The summed E-state index contributed by atoms with van der Waals surface area (Å²) in [5.41, 5.74) is 2.40. The van der Waals surface area contributed by atoms with Crippen molar-refractivity contribution in [2.75, 3.05) is 26.2 Å². The number of piperidine rings is 1. The molecule has 26 heavy (non-hydrogen) atoms. The monoisotopic (exact) mass is 372 g/mol. The molecule has 5 nitrogen and oxygen atoms in total. The van der Waals surface area contributed by atoms with Crippen LogP contribution in [0.25, 0.3) is 5.69 Å². The van der Waals surface area contributed by atoms with E-state index in [4.69, 9.17) is 11.6 Å². The Morgan fingerprint density at radius 1 is 1.27 bits per heavy atom. The summed E-state index contributed by atoms with van der Waals surface area (Å²) >= 11 is 6.07. The second-order valence-electron chi connectivity index (χ2n) is 7.63. The first-order valence-electron chi connectivity index (χ1n) is 9.37. The van der Waals surface area contributed by atoms with Crippen LogP contribution in [0.4, 0.5) is 0 Å². The van der Waals surface area contributed by atoms with E-state index in [9.17, 15) is 4.79 Å². The highest BCUT2D eigenvalue weighted by molar-refractivity contribution is 6.30. The molecule has 0 bridgehead atoms. The minimum absolute atomic E-state index is 0.217. The highest BCUT2D eigenvalue weighted by atomic mass is 35.5. The maximum atomic E-state index is 12.1. The first-order chi connectivity index (χ1) is 12.6. The van der Waals surface area contributed by atoms with Crippen LogP contribution >= 0.6 is 11.6 Å². The number of likely N-dealkylation sites (tertiary alicyclic amines) is 2. The van der Waals surface area contributed by atoms with Crippen molar-refractivity contribution in [2.45, 2.75) is 32.7 Å². The third-order valence-electron chi connectivity index (χ3n) is 5.82. The molecule has 4 rings (SSSR count). The summed E-state index contributed by atoms with van der Waals surface area (Å²) in [5.74, 6) is 0.337. The van der Waals surface area contributed by atoms with E-state index in [0.717, 1.165) is 57.7 Å². The number of benzene rings is 1. The van der Waals surface area contributed by atoms with Crippen molar-refractivity contribution in [3.8, 4) is 5.69 Å². The number of hydrogen-bond donors (Lipinski definition) is 0. The number of halogens is 1. The van der Waals surface area contributed by atoms with Crippen molar-refractivity contribution in [1.82, 2.24) is 19.6 Å². The minimum atomic E-state index is 0.217. The molecule has 0 radical (unpaired) electrons. The van der Waals surface area contributed by atoms with E-state index in [1.807, 2.05) is 40.0 Å². The van der Waals surface area contributed by atoms with E-state index in [0.29, 0.717) is 10.9 Å². The first kappa shape index (κ1) is 17.6. The Balaban J connectivity index is 1.36. The first-order valence-corrected chi connectivity index (χ1v) is 9.74. The molecular formula is C20H25ClN4O. The third kappa shape index (κ3) is 3.51. The molecule has 1 spiro atoms. The molecular weight excluding hydrogens is 348 g/mol. The fraction of sp³-hybridized carbons (Fsp3) is 0.500. The van der Waals surface area contributed by atoms with Gasteiger partial charge in [0.15, 0.2) is 0 Å². The fourth-order valence-corrected chi connectivity index (χ4v) is 4.43. The van der Waals surface area contributed by atoms with Gasteiger partial charge in [-0.05, 0) is 56.5 Å². The molecule has 3 heterocycles. The molecule has 6 heteroatoms. The van der Waals surface area contributed by atoms with Gasteiger partial charge in [-0.1, -0.05) is 17.7 Å². The summed E-state index contributed by atoms with van der Waals surface area (Å²) in [6.45, 7) is 6.86. The Bertz CT molecular complexity index is 795. The van der Waals surface area contributed by atoms with Crippen molar-refractivity contribution >= 4 is 17.5 Å². The SMILES string of the molecule is CCN1CC2(CCN(Cc3cnn(-c4cccc(Cl)c4)c3)CC2)CC1=O. The Morgan fingerprint density at radius 2 is 2.08 bits per heavy atom. The number of rotatable bonds is 4. The van der Waals surface area contributed by atoms with Gasteiger partial charge in [0.2, 0.25) is 5.91 Å². The summed E-state index contributed by atoms with van der Waals surface area (Å²) < 4.78 is 1.88. The maximum absolute atomic E-state index is 12.1. The van der Waals surface area contributed by atoms with Crippen LogP contribution in [0.15, 0.2) is 36.7 Å². The predicted molar refractivity (Wildman–Crippen MR) is 102 cm³/mol. The normalized spacial score (nSPS) is 20.2. The van der Waals surface area contributed by atoms with Crippen LogP contribution in [0, 0.1) is 5.41 Å². The lowest BCUT2D eigenvalue weighted by Crippen LogP contribution is -2.41. The van der Waals surface area contributed by atoms with Gasteiger partial charge in [-0.2, -0.15) is 5.10 Å². The molecule has 1 aromatic carbocycles. The summed E-state index contributed by atoms with van der Waals surface area (Å²) in [6.07, 6.45) is 6.97. The third-order valence-corrected chi connectivity index (χ3v) is 6.05. The Hall–Kier alpha value is -1.85. The largest absolute Gasteiger partial charge is 0.342 e. The number of carbonyl (C=O) groups excluding carboxylic acids is 1. The molecule has 2 fully saturated rings. The van der Waals surface area contributed by atoms with Gasteiger partial charge in [0.05, 0.1) is 11.9 Å². The summed E-state index contributed by atoms with van der Waals surface area (Å²) in [5, 5.41) is 5.19. The van der Waals surface area contributed by atoms with Crippen LogP contribution in [0.3, 0.4) is 0 Å². The van der Waals surface area contributed by atoms with Crippen LogP contribution < -0.4 is 0 Å². The molecule has 0 unspecified atom stereocenters. The molecule has 1 amide bonds. The number of hydrogen-bond acceptors (Lipinski definition) is 3. The predicted octanol–water partition coefficient (Wildman–Crippen LogP) is 3.36. The van der Waals surface area contributed by atoms with Crippen LogP contribution in [0.2, 0.25) is 5.02 Å². The lowest BCUT2D eigenvalue weighted by atomic mass is 9.77. The van der Waals surface area contributed by atoms with Crippen molar-refractivity contribution in [3.05, 3.63) is 47.2 Å². The summed E-state index contributed by atoms with van der Waals surface area (Å²) in [4.78, 5) is 16.6. The minimum Gasteiger partial charge on any atom is -0.342 e. The van der Waals surface area contributed by atoms with E-state index in [-0.39, 0.29) is 5.41 Å². The molecule has 2 aliphatic heterocycles. The van der Waals surface area contributed by atoms with Crippen LogP contribution in [-0.4, -0.2) is 51.7 Å². The van der Waals surface area contributed by atoms with Crippen molar-refractivity contribution in [3.63, 3.8) is 0 Å². The Morgan fingerprint density at radius 3 is 2.77 bits per heavy atom. The molecule has 1 aromatic heterocycles. The quantitative estimate of drug-likeness (QED) is 0.826. The van der Waals surface area contributed by atoms with Crippen LogP contribution in [0.1, 0.15) is 31.7 Å². The molecule has 2 aliphatic rings. The average Bonchev–Trinajstić information content (AvgIpc) is 3.22. The molecule has 0 aliphatic carbocycles. The molecule has 2 saturated heterocycles. The Labute approximate surface area is 159 Å². The van der Waals surface area contributed by atoms with Crippen molar-refractivity contribution in [1.29, 1.82) is 0 Å². The highest BCUT2D eigenvalue weighted by Gasteiger charge is 2.44. The van der Waals surface area contributed by atoms with E-state index >= 15 is 0 Å². The van der Waals surface area contributed by atoms with Gasteiger partial charge < -0.3 is 4.90 Å². The second-order valence-corrected chi connectivity index (χ2v) is 8.07. The molecule has 0 atom stereocenters. The zero-order chi connectivity index (χ0) is 18.1. The van der Waals surface area contributed by atoms with Gasteiger partial charge in [0.1, 0.15) is 0 Å². The Kier molecular flexibility index (Phi) is 4.76. The fourth-order valence-electron chi connectivity index (χ4n) is 4.25. The van der Waals surface area contributed by atoms with Gasteiger partial charge in [-0.25, -0.2) is 4.68 Å². The van der Waals surface area contributed by atoms with Gasteiger partial charge in [0, 0.05) is 42.8 Å². The van der Waals surface area contributed by atoms with E-state index < -0.39 is 0 Å². The number of carbonyl (C=O) groups is 1. The molecule has 138 valence electrons. The van der Waals surface area contributed by atoms with E-state index in [2.05, 4.69) is 23.1 Å². The van der Waals surface area contributed by atoms with Crippen LogP contribution in [-0.2, 0) is 11.3 Å². The van der Waals surface area contributed by atoms with Gasteiger partial charge in [0.25, 0.3) is 0 Å². The van der Waals surface area contributed by atoms with Crippen molar-refractivity contribution < 1.29 is 4.79 Å². The second kappa shape index (κ2) is 7.05. The molecule has 0 N–H and O–H groups in total. The highest BCUT2D eigenvalue weighted by Crippen LogP contribution is 2.41. The number of nitrogens with zero attached hydrogens (tertiary/aromatic N) is 4. The summed E-state index contributed by atoms with van der Waals surface area (Å²) in [7, 11) is 0. The molecule has 2 aromatic rings. The summed E-state index contributed by atoms with van der Waals surface area (Å²) in [6, 6.07) is 7.72. The van der Waals surface area contributed by atoms with Crippen molar-refractivity contribution in [2.24, 2.45) is 5.41 Å². The van der Waals surface area contributed by atoms with Gasteiger partial charge in [-0.3, -0.25) is 9.69 Å². The van der Waals surface area contributed by atoms with E-state index in [1.165, 1.54) is 5.56 Å². The molecule has 0 saturated carbocycles. The smallest absolute Gasteiger partial charge is 0.223 e. The zero-order valence-corrected chi connectivity index (χ0v) is 16.0. The lowest BCUT2D eigenvalue weighted by molar-refractivity contribution is -0.127. The number of aromatic nitrogens is 2. The zero-order valence-electron chi connectivity index (χ0n) is 15.2. The van der Waals surface area contributed by atoms with E-state index in [1.54, 1.807) is 0 Å². The number of amides is 1. The maximum Gasteiger partial charge on any atom is 0.223 e. The van der Waals surface area contributed by atoms with Gasteiger partial charge >= 0.3 is 0 Å².